The molecule has 1 aromatic carbocycles. The van der Waals surface area contributed by atoms with Crippen molar-refractivity contribution in [1.82, 2.24) is 5.32 Å². The summed E-state index contributed by atoms with van der Waals surface area (Å²) in [5.74, 6) is -0.0304. The molecule has 0 bridgehead atoms. The average Bonchev–Trinajstić information content (AvgIpc) is 2.31. The zero-order valence-corrected chi connectivity index (χ0v) is 12.3. The van der Waals surface area contributed by atoms with Crippen molar-refractivity contribution in [2.75, 3.05) is 13.7 Å². The second-order valence-electron chi connectivity index (χ2n) is 4.88. The van der Waals surface area contributed by atoms with Crippen LogP contribution in [0, 0.1) is 6.92 Å². The van der Waals surface area contributed by atoms with Crippen LogP contribution in [0.15, 0.2) is 22.7 Å². The van der Waals surface area contributed by atoms with Gasteiger partial charge in [-0.1, -0.05) is 22.0 Å². The smallest absolute Gasteiger partial charge is 0.251 e. The lowest BCUT2D eigenvalue weighted by atomic mass is 9.80. The monoisotopic (exact) mass is 311 g/mol. The van der Waals surface area contributed by atoms with Crippen LogP contribution < -0.4 is 5.32 Å². The zero-order valence-electron chi connectivity index (χ0n) is 10.8. The molecule has 1 aliphatic carbocycles. The van der Waals surface area contributed by atoms with Gasteiger partial charge in [0.1, 0.15) is 0 Å². The summed E-state index contributed by atoms with van der Waals surface area (Å²) in [5, 5.41) is 2.98. The summed E-state index contributed by atoms with van der Waals surface area (Å²) in [4.78, 5) is 12.1. The molecule has 1 amide bonds. The van der Waals surface area contributed by atoms with Gasteiger partial charge in [-0.25, -0.2) is 0 Å². The summed E-state index contributed by atoms with van der Waals surface area (Å²) in [6.45, 7) is 2.53. The van der Waals surface area contributed by atoms with Crippen molar-refractivity contribution in [3.8, 4) is 0 Å². The first-order chi connectivity index (χ1) is 8.56. The largest absolute Gasteiger partial charge is 0.376 e. The minimum absolute atomic E-state index is 0.0304. The number of methoxy groups -OCH3 is 1. The first-order valence-electron chi connectivity index (χ1n) is 6.16. The van der Waals surface area contributed by atoms with E-state index in [4.69, 9.17) is 4.74 Å². The number of hydrogen-bond acceptors (Lipinski definition) is 2. The number of amides is 1. The minimum atomic E-state index is -0.129. The number of ether oxygens (including phenoxy) is 1. The van der Waals surface area contributed by atoms with Crippen LogP contribution in [-0.4, -0.2) is 25.2 Å². The number of rotatable bonds is 4. The van der Waals surface area contributed by atoms with Gasteiger partial charge < -0.3 is 10.1 Å². The van der Waals surface area contributed by atoms with Gasteiger partial charge >= 0.3 is 0 Å². The summed E-state index contributed by atoms with van der Waals surface area (Å²) in [6, 6.07) is 5.73. The summed E-state index contributed by atoms with van der Waals surface area (Å²) in [5.41, 5.74) is 1.57. The lowest BCUT2D eigenvalue weighted by Gasteiger charge is -2.40. The van der Waals surface area contributed by atoms with Gasteiger partial charge in [0.2, 0.25) is 0 Å². The Balaban J connectivity index is 2.01. The number of halogens is 1. The van der Waals surface area contributed by atoms with E-state index in [1.807, 2.05) is 25.1 Å². The van der Waals surface area contributed by atoms with E-state index >= 15 is 0 Å². The lowest BCUT2D eigenvalue weighted by molar-refractivity contribution is -0.0679. The SMILES string of the molecule is COC1(CNC(=O)c2cc(Br)ccc2C)CCC1. The van der Waals surface area contributed by atoms with Gasteiger partial charge in [0.25, 0.3) is 5.91 Å². The van der Waals surface area contributed by atoms with Crippen molar-refractivity contribution in [1.29, 1.82) is 0 Å². The van der Waals surface area contributed by atoms with Crippen LogP contribution in [0.5, 0.6) is 0 Å². The van der Waals surface area contributed by atoms with Crippen LogP contribution in [0.2, 0.25) is 0 Å². The predicted molar refractivity (Wildman–Crippen MR) is 74.8 cm³/mol. The van der Waals surface area contributed by atoms with Gasteiger partial charge in [0.15, 0.2) is 0 Å². The summed E-state index contributed by atoms with van der Waals surface area (Å²) < 4.78 is 6.41. The van der Waals surface area contributed by atoms with Crippen LogP contribution in [0.1, 0.15) is 35.2 Å². The van der Waals surface area contributed by atoms with Gasteiger partial charge in [0.05, 0.1) is 5.60 Å². The molecule has 1 fully saturated rings. The molecule has 0 spiro atoms. The Morgan fingerprint density at radius 3 is 2.78 bits per heavy atom. The molecule has 0 heterocycles. The number of hydrogen-bond donors (Lipinski definition) is 1. The molecule has 4 heteroatoms. The molecule has 2 rings (SSSR count). The number of carbonyl (C=O) groups excluding carboxylic acids is 1. The number of nitrogens with one attached hydrogen (secondary N) is 1. The van der Waals surface area contributed by atoms with Crippen molar-refractivity contribution < 1.29 is 9.53 Å². The molecule has 0 unspecified atom stereocenters. The van der Waals surface area contributed by atoms with E-state index in [2.05, 4.69) is 21.2 Å². The van der Waals surface area contributed by atoms with E-state index in [9.17, 15) is 4.79 Å². The van der Waals surface area contributed by atoms with Gasteiger partial charge in [-0.15, -0.1) is 0 Å². The van der Waals surface area contributed by atoms with Crippen LogP contribution in [0.25, 0.3) is 0 Å². The Bertz CT molecular complexity index is 450. The maximum atomic E-state index is 12.1. The third kappa shape index (κ3) is 2.75. The zero-order chi connectivity index (χ0) is 13.2. The first-order valence-corrected chi connectivity index (χ1v) is 6.95. The molecule has 98 valence electrons. The van der Waals surface area contributed by atoms with E-state index < -0.39 is 0 Å². The Labute approximate surface area is 116 Å². The van der Waals surface area contributed by atoms with Crippen LogP contribution in [0.3, 0.4) is 0 Å². The van der Waals surface area contributed by atoms with Crippen molar-refractivity contribution in [2.45, 2.75) is 31.8 Å². The fourth-order valence-electron chi connectivity index (χ4n) is 2.20. The molecule has 0 radical (unpaired) electrons. The third-order valence-corrected chi connectivity index (χ3v) is 4.21. The van der Waals surface area contributed by atoms with E-state index in [0.717, 1.165) is 28.4 Å². The van der Waals surface area contributed by atoms with E-state index in [1.165, 1.54) is 6.42 Å². The fraction of sp³-hybridized carbons (Fsp3) is 0.500. The van der Waals surface area contributed by atoms with Crippen molar-refractivity contribution in [2.24, 2.45) is 0 Å². The van der Waals surface area contributed by atoms with Gasteiger partial charge in [-0.3, -0.25) is 4.79 Å². The Morgan fingerprint density at radius 1 is 1.50 bits per heavy atom. The van der Waals surface area contributed by atoms with Crippen LogP contribution in [-0.2, 0) is 4.74 Å². The summed E-state index contributed by atoms with van der Waals surface area (Å²) in [6.07, 6.45) is 3.24. The Kier molecular flexibility index (Phi) is 4.07. The average molecular weight is 312 g/mol. The van der Waals surface area contributed by atoms with E-state index in [-0.39, 0.29) is 11.5 Å². The summed E-state index contributed by atoms with van der Waals surface area (Å²) in [7, 11) is 1.72. The number of carbonyl (C=O) groups is 1. The molecule has 1 N–H and O–H groups in total. The van der Waals surface area contributed by atoms with Gasteiger partial charge in [-0.2, -0.15) is 0 Å². The number of aryl methyl sites for hydroxylation is 1. The maximum absolute atomic E-state index is 12.1. The molecule has 3 nitrogen and oxygen atoms in total. The van der Waals surface area contributed by atoms with E-state index in [0.29, 0.717) is 6.54 Å². The van der Waals surface area contributed by atoms with Gasteiger partial charge in [0, 0.05) is 23.7 Å². The molecule has 0 aromatic heterocycles. The van der Waals surface area contributed by atoms with Crippen molar-refractivity contribution in [3.05, 3.63) is 33.8 Å². The quantitative estimate of drug-likeness (QED) is 0.928. The molecule has 0 aliphatic heterocycles. The number of benzene rings is 1. The Morgan fingerprint density at radius 2 is 2.22 bits per heavy atom. The maximum Gasteiger partial charge on any atom is 0.251 e. The van der Waals surface area contributed by atoms with Crippen molar-refractivity contribution >= 4 is 21.8 Å². The second kappa shape index (κ2) is 5.41. The standard InChI is InChI=1S/C14H18BrNO2/c1-10-4-5-11(15)8-12(10)13(17)16-9-14(18-2)6-3-7-14/h4-5,8H,3,6-7,9H2,1-2H3,(H,16,17). The highest BCUT2D eigenvalue weighted by Crippen LogP contribution is 2.34. The molecule has 0 saturated heterocycles. The van der Waals surface area contributed by atoms with Crippen LogP contribution >= 0.6 is 15.9 Å². The minimum Gasteiger partial charge on any atom is -0.376 e. The summed E-state index contributed by atoms with van der Waals surface area (Å²) >= 11 is 3.39. The second-order valence-corrected chi connectivity index (χ2v) is 5.80. The third-order valence-electron chi connectivity index (χ3n) is 3.71. The predicted octanol–water partition coefficient (Wildman–Crippen LogP) is 3.06. The highest BCUT2D eigenvalue weighted by Gasteiger charge is 2.37. The molecule has 1 saturated carbocycles. The molecule has 1 aromatic rings. The molecule has 0 atom stereocenters. The van der Waals surface area contributed by atoms with Crippen molar-refractivity contribution in [3.63, 3.8) is 0 Å². The molecular formula is C14H18BrNO2. The molecule has 18 heavy (non-hydrogen) atoms. The first kappa shape index (κ1) is 13.6. The molecular weight excluding hydrogens is 294 g/mol. The highest BCUT2D eigenvalue weighted by molar-refractivity contribution is 9.10. The highest BCUT2D eigenvalue weighted by atomic mass is 79.9. The Hall–Kier alpha value is -0.870. The molecule has 1 aliphatic rings. The fourth-order valence-corrected chi connectivity index (χ4v) is 2.56. The van der Waals surface area contributed by atoms with E-state index in [1.54, 1.807) is 7.11 Å². The normalized spacial score (nSPS) is 17.1. The van der Waals surface area contributed by atoms with Gasteiger partial charge in [-0.05, 0) is 43.9 Å². The topological polar surface area (TPSA) is 38.3 Å². The van der Waals surface area contributed by atoms with Crippen LogP contribution in [0.4, 0.5) is 0 Å². The lowest BCUT2D eigenvalue weighted by Crippen LogP contribution is -2.49.